The van der Waals surface area contributed by atoms with Crippen molar-refractivity contribution in [2.45, 2.75) is 26.4 Å². The van der Waals surface area contributed by atoms with Gasteiger partial charge in [0.1, 0.15) is 18.1 Å². The number of hydrogen-bond acceptors (Lipinski definition) is 5. The zero-order valence-corrected chi connectivity index (χ0v) is 16.0. The number of hydrogen-bond donors (Lipinski definition) is 1. The van der Waals surface area contributed by atoms with Crippen molar-refractivity contribution < 1.29 is 14.3 Å². The van der Waals surface area contributed by atoms with E-state index < -0.39 is 0 Å². The molecule has 1 amide bonds. The minimum Gasteiger partial charge on any atom is -0.494 e. The maximum absolute atomic E-state index is 12.4. The van der Waals surface area contributed by atoms with E-state index in [1.807, 2.05) is 60.8 Å². The molecule has 0 fully saturated rings. The van der Waals surface area contributed by atoms with E-state index in [0.29, 0.717) is 37.5 Å². The zero-order chi connectivity index (χ0) is 18.9. The predicted octanol–water partition coefficient (Wildman–Crippen LogP) is 4.69. The number of thiazole rings is 1. The number of amides is 1. The smallest absolute Gasteiger partial charge is 0.224 e. The predicted molar refractivity (Wildman–Crippen MR) is 107 cm³/mol. The fraction of sp³-hybridized carbons (Fsp3) is 0.238. The van der Waals surface area contributed by atoms with Crippen LogP contribution in [0.15, 0.2) is 59.4 Å². The Hall–Kier alpha value is -2.86. The van der Waals surface area contributed by atoms with E-state index in [2.05, 4.69) is 10.3 Å². The average molecular weight is 382 g/mol. The van der Waals surface area contributed by atoms with Crippen molar-refractivity contribution in [3.8, 4) is 11.5 Å². The molecule has 1 aromatic heterocycles. The van der Waals surface area contributed by atoms with Gasteiger partial charge in [-0.2, -0.15) is 0 Å². The molecule has 2 aromatic carbocycles. The van der Waals surface area contributed by atoms with Gasteiger partial charge >= 0.3 is 0 Å². The van der Waals surface area contributed by atoms with Gasteiger partial charge in [0.15, 0.2) is 0 Å². The van der Waals surface area contributed by atoms with Gasteiger partial charge in [-0.15, -0.1) is 11.3 Å². The monoisotopic (exact) mass is 382 g/mol. The van der Waals surface area contributed by atoms with Crippen LogP contribution < -0.4 is 14.8 Å². The van der Waals surface area contributed by atoms with Gasteiger partial charge in [0.25, 0.3) is 0 Å². The number of nitrogens with zero attached hydrogens (tertiary/aromatic N) is 1. The SMILES string of the molecule is CCOc1ccccc1CCC(=O)Nc1ccccc1OCc1cscn1. The molecule has 0 bridgehead atoms. The van der Waals surface area contributed by atoms with Crippen molar-refractivity contribution in [2.75, 3.05) is 11.9 Å². The van der Waals surface area contributed by atoms with E-state index in [1.165, 1.54) is 11.3 Å². The molecule has 0 atom stereocenters. The molecule has 0 aliphatic carbocycles. The van der Waals surface area contributed by atoms with Crippen LogP contribution in [0.3, 0.4) is 0 Å². The van der Waals surface area contributed by atoms with Crippen LogP contribution in [0.2, 0.25) is 0 Å². The first-order chi connectivity index (χ1) is 13.3. The van der Waals surface area contributed by atoms with Gasteiger partial charge in [-0.25, -0.2) is 4.98 Å². The van der Waals surface area contributed by atoms with E-state index in [9.17, 15) is 4.79 Å². The molecule has 6 heteroatoms. The molecule has 0 unspecified atom stereocenters. The summed E-state index contributed by atoms with van der Waals surface area (Å²) in [4.78, 5) is 16.6. The van der Waals surface area contributed by atoms with E-state index in [-0.39, 0.29) is 5.91 Å². The number of rotatable bonds is 9. The number of aromatic nitrogens is 1. The van der Waals surface area contributed by atoms with Crippen molar-refractivity contribution in [3.63, 3.8) is 0 Å². The number of benzene rings is 2. The lowest BCUT2D eigenvalue weighted by Gasteiger charge is -2.13. The molecule has 1 heterocycles. The zero-order valence-electron chi connectivity index (χ0n) is 15.2. The number of nitrogens with one attached hydrogen (secondary N) is 1. The minimum atomic E-state index is -0.0639. The first-order valence-corrected chi connectivity index (χ1v) is 9.80. The fourth-order valence-electron chi connectivity index (χ4n) is 2.62. The van der Waals surface area contributed by atoms with E-state index in [0.717, 1.165) is 17.0 Å². The highest BCUT2D eigenvalue weighted by atomic mass is 32.1. The molecular weight excluding hydrogens is 360 g/mol. The molecule has 0 aliphatic rings. The summed E-state index contributed by atoms with van der Waals surface area (Å²) in [5.41, 5.74) is 4.33. The van der Waals surface area contributed by atoms with E-state index >= 15 is 0 Å². The minimum absolute atomic E-state index is 0.0639. The number of ether oxygens (including phenoxy) is 2. The van der Waals surface area contributed by atoms with Crippen molar-refractivity contribution in [3.05, 3.63) is 70.7 Å². The Morgan fingerprint density at radius 1 is 1.07 bits per heavy atom. The average Bonchev–Trinajstić information content (AvgIpc) is 3.20. The summed E-state index contributed by atoms with van der Waals surface area (Å²) in [5, 5.41) is 4.88. The lowest BCUT2D eigenvalue weighted by molar-refractivity contribution is -0.116. The Kier molecular flexibility index (Phi) is 6.82. The molecule has 3 aromatic rings. The lowest BCUT2D eigenvalue weighted by Crippen LogP contribution is -2.13. The third-order valence-corrected chi connectivity index (χ3v) is 4.55. The van der Waals surface area contributed by atoms with Crippen LogP contribution in [0.5, 0.6) is 11.5 Å². The number of carbonyl (C=O) groups excluding carboxylic acids is 1. The molecule has 27 heavy (non-hydrogen) atoms. The van der Waals surface area contributed by atoms with Crippen LogP contribution >= 0.6 is 11.3 Å². The first kappa shape index (κ1) is 18.9. The molecule has 0 spiro atoms. The van der Waals surface area contributed by atoms with Gasteiger partial charge < -0.3 is 14.8 Å². The summed E-state index contributed by atoms with van der Waals surface area (Å²) in [6, 6.07) is 15.2. The highest BCUT2D eigenvalue weighted by Gasteiger charge is 2.10. The summed E-state index contributed by atoms with van der Waals surface area (Å²) in [7, 11) is 0. The Labute approximate surface area is 163 Å². The van der Waals surface area contributed by atoms with Crippen molar-refractivity contribution in [1.29, 1.82) is 0 Å². The van der Waals surface area contributed by atoms with Crippen LogP contribution in [-0.2, 0) is 17.8 Å². The molecular formula is C21H22N2O3S. The Morgan fingerprint density at radius 3 is 2.63 bits per heavy atom. The standard InChI is InChI=1S/C21H22N2O3S/c1-2-25-19-9-5-3-7-16(19)11-12-21(24)23-18-8-4-6-10-20(18)26-13-17-14-27-15-22-17/h3-10,14-15H,2,11-13H2,1H3,(H,23,24). The quantitative estimate of drug-likeness (QED) is 0.583. The van der Waals surface area contributed by atoms with Crippen LogP contribution in [0.25, 0.3) is 0 Å². The fourth-order valence-corrected chi connectivity index (χ4v) is 3.17. The summed E-state index contributed by atoms with van der Waals surface area (Å²) >= 11 is 1.53. The molecule has 0 saturated heterocycles. The van der Waals surface area contributed by atoms with E-state index in [1.54, 1.807) is 5.51 Å². The van der Waals surface area contributed by atoms with Gasteiger partial charge in [-0.3, -0.25) is 4.79 Å². The van der Waals surface area contributed by atoms with Gasteiger partial charge in [0.2, 0.25) is 5.91 Å². The number of para-hydroxylation sites is 3. The second-order valence-corrected chi connectivity index (χ2v) is 6.57. The summed E-state index contributed by atoms with van der Waals surface area (Å²) in [6.07, 6.45) is 0.981. The van der Waals surface area contributed by atoms with Crippen LogP contribution in [-0.4, -0.2) is 17.5 Å². The highest BCUT2D eigenvalue weighted by Crippen LogP contribution is 2.25. The van der Waals surface area contributed by atoms with E-state index in [4.69, 9.17) is 9.47 Å². The Bertz CT molecular complexity index is 865. The number of carbonyl (C=O) groups is 1. The summed E-state index contributed by atoms with van der Waals surface area (Å²) in [6.45, 7) is 2.93. The number of anilines is 1. The molecule has 5 nitrogen and oxygen atoms in total. The molecule has 3 rings (SSSR count). The lowest BCUT2D eigenvalue weighted by atomic mass is 10.1. The Morgan fingerprint density at radius 2 is 1.85 bits per heavy atom. The van der Waals surface area contributed by atoms with Gasteiger partial charge in [0.05, 0.1) is 23.5 Å². The van der Waals surface area contributed by atoms with Crippen LogP contribution in [0.1, 0.15) is 24.6 Å². The number of aryl methyl sites for hydroxylation is 1. The molecule has 140 valence electrons. The molecule has 0 aliphatic heterocycles. The normalized spacial score (nSPS) is 10.4. The van der Waals surface area contributed by atoms with Gasteiger partial charge in [-0.05, 0) is 37.1 Å². The van der Waals surface area contributed by atoms with Crippen LogP contribution in [0, 0.1) is 0 Å². The second-order valence-electron chi connectivity index (χ2n) is 5.85. The second kappa shape index (κ2) is 9.73. The highest BCUT2D eigenvalue weighted by molar-refractivity contribution is 7.07. The maximum atomic E-state index is 12.4. The Balaban J connectivity index is 1.58. The third kappa shape index (κ3) is 5.56. The van der Waals surface area contributed by atoms with Crippen molar-refractivity contribution in [1.82, 2.24) is 4.98 Å². The first-order valence-electron chi connectivity index (χ1n) is 8.85. The largest absolute Gasteiger partial charge is 0.494 e. The van der Waals surface area contributed by atoms with Gasteiger partial charge in [0, 0.05) is 11.8 Å². The topological polar surface area (TPSA) is 60.5 Å². The maximum Gasteiger partial charge on any atom is 0.224 e. The molecule has 1 N–H and O–H groups in total. The summed E-state index contributed by atoms with van der Waals surface area (Å²) < 4.78 is 11.4. The van der Waals surface area contributed by atoms with Gasteiger partial charge in [-0.1, -0.05) is 30.3 Å². The van der Waals surface area contributed by atoms with Crippen molar-refractivity contribution >= 4 is 22.9 Å². The molecule has 0 saturated carbocycles. The van der Waals surface area contributed by atoms with Crippen LogP contribution in [0.4, 0.5) is 5.69 Å². The molecule has 0 radical (unpaired) electrons. The third-order valence-electron chi connectivity index (χ3n) is 3.91. The summed E-state index contributed by atoms with van der Waals surface area (Å²) in [5.74, 6) is 1.40. The van der Waals surface area contributed by atoms with Crippen molar-refractivity contribution in [2.24, 2.45) is 0 Å².